The fourth-order valence-corrected chi connectivity index (χ4v) is 5.63. The molecule has 0 saturated carbocycles. The van der Waals surface area contributed by atoms with Gasteiger partial charge in [0.1, 0.15) is 0 Å². The van der Waals surface area contributed by atoms with E-state index in [9.17, 15) is 9.90 Å². The molecule has 1 aromatic carbocycles. The van der Waals surface area contributed by atoms with E-state index in [1.807, 2.05) is 11.1 Å². The number of nitrogens with one attached hydrogen (secondary N) is 2. The lowest BCUT2D eigenvalue weighted by atomic mass is 9.76. The number of fused-ring (bicyclic) bond motifs is 6. The number of aliphatic hydroxyl groups is 1. The SMILES string of the molecule is COCCC1(CCOC)C(=O)N(CCCO)c2cc3c4c([nH]c3cc21)-c1[nH]ncc1CCC4. The molecular weight excluding hydrogens is 420 g/mol. The molecule has 1 amide bonds. The quantitative estimate of drug-likeness (QED) is 0.463. The van der Waals surface area contributed by atoms with E-state index < -0.39 is 5.41 Å². The number of ether oxygens (including phenoxy) is 2. The number of aromatic nitrogens is 3. The number of amides is 1. The highest BCUT2D eigenvalue weighted by Gasteiger charge is 2.50. The van der Waals surface area contributed by atoms with Crippen LogP contribution in [0.3, 0.4) is 0 Å². The van der Waals surface area contributed by atoms with Gasteiger partial charge in [0.05, 0.1) is 23.0 Å². The zero-order valence-electron chi connectivity index (χ0n) is 19.4. The molecule has 176 valence electrons. The Balaban J connectivity index is 1.70. The van der Waals surface area contributed by atoms with Crippen molar-refractivity contribution in [3.63, 3.8) is 0 Å². The number of aromatic amines is 2. The molecule has 0 radical (unpaired) electrons. The second-order valence-corrected chi connectivity index (χ2v) is 9.12. The van der Waals surface area contributed by atoms with Gasteiger partial charge in [-0.15, -0.1) is 0 Å². The zero-order valence-corrected chi connectivity index (χ0v) is 19.4. The first-order valence-electron chi connectivity index (χ1n) is 11.8. The van der Waals surface area contributed by atoms with Crippen molar-refractivity contribution in [1.82, 2.24) is 15.2 Å². The van der Waals surface area contributed by atoms with Crippen LogP contribution < -0.4 is 4.90 Å². The minimum absolute atomic E-state index is 0.0483. The molecule has 3 N–H and O–H groups in total. The number of aryl methyl sites for hydroxylation is 2. The minimum Gasteiger partial charge on any atom is -0.396 e. The van der Waals surface area contributed by atoms with Crippen molar-refractivity contribution >= 4 is 22.5 Å². The number of rotatable bonds is 9. The smallest absolute Gasteiger partial charge is 0.237 e. The summed E-state index contributed by atoms with van der Waals surface area (Å²) in [5.74, 6) is 0.0784. The molecule has 8 heteroatoms. The van der Waals surface area contributed by atoms with Gasteiger partial charge in [-0.25, -0.2) is 0 Å². The van der Waals surface area contributed by atoms with E-state index in [1.54, 1.807) is 14.2 Å². The second kappa shape index (κ2) is 8.93. The van der Waals surface area contributed by atoms with Crippen LogP contribution >= 0.6 is 0 Å². The van der Waals surface area contributed by atoms with Gasteiger partial charge in [-0.05, 0) is 67.3 Å². The van der Waals surface area contributed by atoms with Crippen LogP contribution in [-0.2, 0) is 32.5 Å². The number of aliphatic hydroxyl groups excluding tert-OH is 1. The van der Waals surface area contributed by atoms with Crippen molar-refractivity contribution in [1.29, 1.82) is 0 Å². The maximum atomic E-state index is 13.9. The molecule has 1 aliphatic carbocycles. The lowest BCUT2D eigenvalue weighted by Gasteiger charge is -2.28. The van der Waals surface area contributed by atoms with Gasteiger partial charge in [-0.3, -0.25) is 9.89 Å². The predicted octanol–water partition coefficient (Wildman–Crippen LogP) is 3.09. The van der Waals surface area contributed by atoms with E-state index in [1.165, 1.54) is 11.1 Å². The highest BCUT2D eigenvalue weighted by molar-refractivity contribution is 6.11. The van der Waals surface area contributed by atoms with Crippen LogP contribution in [0.25, 0.3) is 22.3 Å². The van der Waals surface area contributed by atoms with Gasteiger partial charge in [0.15, 0.2) is 0 Å². The zero-order chi connectivity index (χ0) is 23.0. The molecule has 0 atom stereocenters. The average Bonchev–Trinajstić information content (AvgIpc) is 3.45. The van der Waals surface area contributed by atoms with Crippen molar-refractivity contribution in [3.05, 3.63) is 35.0 Å². The Hall–Kier alpha value is -2.68. The Kier molecular flexibility index (Phi) is 5.99. The third-order valence-electron chi connectivity index (χ3n) is 7.33. The predicted molar refractivity (Wildman–Crippen MR) is 127 cm³/mol. The van der Waals surface area contributed by atoms with Crippen molar-refractivity contribution in [2.24, 2.45) is 0 Å². The van der Waals surface area contributed by atoms with Crippen LogP contribution in [0.2, 0.25) is 0 Å². The first-order valence-corrected chi connectivity index (χ1v) is 11.8. The number of H-pyrrole nitrogens is 2. The fraction of sp³-hybridized carbons (Fsp3) is 0.520. The van der Waals surface area contributed by atoms with Crippen LogP contribution in [0.15, 0.2) is 18.3 Å². The molecule has 1 aliphatic heterocycles. The molecule has 33 heavy (non-hydrogen) atoms. The summed E-state index contributed by atoms with van der Waals surface area (Å²) in [7, 11) is 3.34. The second-order valence-electron chi connectivity index (χ2n) is 9.12. The van der Waals surface area contributed by atoms with E-state index in [2.05, 4.69) is 27.3 Å². The molecule has 0 spiro atoms. The number of carbonyl (C=O) groups is 1. The summed E-state index contributed by atoms with van der Waals surface area (Å²) in [6.45, 7) is 1.51. The molecule has 0 saturated heterocycles. The van der Waals surface area contributed by atoms with Gasteiger partial charge in [0.25, 0.3) is 0 Å². The Labute approximate surface area is 193 Å². The largest absolute Gasteiger partial charge is 0.396 e. The standard InChI is InChI=1S/C25H32N4O4/c1-32-11-7-25(8-12-33-2)19-14-20-18(13-21(19)29(24(25)31)9-4-10-30)17-6-3-5-16-15-26-28-22(16)23(17)27-20/h13-15,27,30H,3-12H2,1-2H3,(H,26,28). The van der Waals surface area contributed by atoms with Crippen molar-refractivity contribution in [3.8, 4) is 11.4 Å². The molecule has 0 unspecified atom stereocenters. The lowest BCUT2D eigenvalue weighted by molar-refractivity contribution is -0.124. The monoisotopic (exact) mass is 452 g/mol. The topological polar surface area (TPSA) is 103 Å². The maximum absolute atomic E-state index is 13.9. The molecular formula is C25H32N4O4. The first-order chi connectivity index (χ1) is 16.1. The van der Waals surface area contributed by atoms with Crippen molar-refractivity contribution < 1.29 is 19.4 Å². The lowest BCUT2D eigenvalue weighted by Crippen LogP contribution is -2.42. The molecule has 0 bridgehead atoms. The molecule has 3 heterocycles. The normalized spacial score (nSPS) is 16.7. The number of benzene rings is 1. The third-order valence-corrected chi connectivity index (χ3v) is 7.33. The van der Waals surface area contributed by atoms with Crippen molar-refractivity contribution in [2.75, 3.05) is 45.5 Å². The third kappa shape index (κ3) is 3.48. The average molecular weight is 453 g/mol. The van der Waals surface area contributed by atoms with Crippen LogP contribution in [0.4, 0.5) is 5.69 Å². The van der Waals surface area contributed by atoms with E-state index in [0.29, 0.717) is 39.0 Å². The van der Waals surface area contributed by atoms with Crippen molar-refractivity contribution in [2.45, 2.75) is 43.9 Å². The van der Waals surface area contributed by atoms with Gasteiger partial charge >= 0.3 is 0 Å². The summed E-state index contributed by atoms with van der Waals surface area (Å²) in [5.41, 5.74) is 6.99. The Morgan fingerprint density at radius 3 is 2.67 bits per heavy atom. The Morgan fingerprint density at radius 1 is 1.15 bits per heavy atom. The highest BCUT2D eigenvalue weighted by atomic mass is 16.5. The number of methoxy groups -OCH3 is 2. The maximum Gasteiger partial charge on any atom is 0.237 e. The molecule has 3 aromatic rings. The summed E-state index contributed by atoms with van der Waals surface area (Å²) in [5, 5.41) is 18.1. The Bertz CT molecular complexity index is 1160. The Morgan fingerprint density at radius 2 is 1.94 bits per heavy atom. The van der Waals surface area contributed by atoms with Gasteiger partial charge in [-0.1, -0.05) is 0 Å². The summed E-state index contributed by atoms with van der Waals surface area (Å²) >= 11 is 0. The minimum atomic E-state index is -0.702. The summed E-state index contributed by atoms with van der Waals surface area (Å²) in [6.07, 6.45) is 6.67. The van der Waals surface area contributed by atoms with Crippen LogP contribution in [-0.4, -0.2) is 66.8 Å². The number of carbonyl (C=O) groups excluding carboxylic acids is 1. The number of hydrogen-bond donors (Lipinski definition) is 3. The molecule has 5 rings (SSSR count). The van der Waals surface area contributed by atoms with Gasteiger partial charge < -0.3 is 24.5 Å². The van der Waals surface area contributed by atoms with E-state index in [0.717, 1.165) is 52.8 Å². The van der Waals surface area contributed by atoms with Crippen LogP contribution in [0, 0.1) is 0 Å². The molecule has 0 fully saturated rings. The van der Waals surface area contributed by atoms with Gasteiger partial charge in [0, 0.05) is 57.2 Å². The summed E-state index contributed by atoms with van der Waals surface area (Å²) < 4.78 is 10.8. The highest BCUT2D eigenvalue weighted by Crippen LogP contribution is 2.49. The number of anilines is 1. The first kappa shape index (κ1) is 22.1. The number of nitrogens with zero attached hydrogens (tertiary/aromatic N) is 2. The molecule has 2 aliphatic rings. The number of hydrogen-bond acceptors (Lipinski definition) is 5. The van der Waals surface area contributed by atoms with Gasteiger partial charge in [-0.2, -0.15) is 5.10 Å². The summed E-state index contributed by atoms with van der Waals surface area (Å²) in [6, 6.07) is 4.34. The van der Waals surface area contributed by atoms with E-state index >= 15 is 0 Å². The van der Waals surface area contributed by atoms with Crippen LogP contribution in [0.5, 0.6) is 0 Å². The van der Waals surface area contributed by atoms with E-state index in [-0.39, 0.29) is 12.5 Å². The molecule has 2 aromatic heterocycles. The summed E-state index contributed by atoms with van der Waals surface area (Å²) in [4.78, 5) is 19.4. The fourth-order valence-electron chi connectivity index (χ4n) is 5.63. The van der Waals surface area contributed by atoms with E-state index in [4.69, 9.17) is 9.47 Å². The van der Waals surface area contributed by atoms with Gasteiger partial charge in [0.2, 0.25) is 5.91 Å². The van der Waals surface area contributed by atoms with Crippen LogP contribution in [0.1, 0.15) is 42.4 Å². The molecule has 8 nitrogen and oxygen atoms in total.